The first-order valence-corrected chi connectivity index (χ1v) is 9.71. The Morgan fingerprint density at radius 3 is 2.46 bits per heavy atom. The van der Waals surface area contributed by atoms with E-state index in [2.05, 4.69) is 52.7 Å². The largest absolute Gasteiger partial charge is 0.346 e. The molecule has 0 saturated carbocycles. The molecule has 3 aromatic carbocycles. The normalized spacial score (nSPS) is 15.0. The van der Waals surface area contributed by atoms with Crippen LogP contribution in [0.25, 0.3) is 10.8 Å². The average molecular weight is 397 g/mol. The summed E-state index contributed by atoms with van der Waals surface area (Å²) < 4.78 is 26.9. The van der Waals surface area contributed by atoms with E-state index in [4.69, 9.17) is 12.2 Å². The predicted molar refractivity (Wildman–Crippen MR) is 113 cm³/mol. The van der Waals surface area contributed by atoms with E-state index in [-0.39, 0.29) is 5.69 Å². The minimum Gasteiger partial charge on any atom is -0.346 e. The topological polar surface area (TPSA) is 18.5 Å². The molecule has 0 bridgehead atoms. The predicted octanol–water partition coefficient (Wildman–Crippen LogP) is 4.63. The van der Waals surface area contributed by atoms with Crippen molar-refractivity contribution in [3.05, 3.63) is 77.9 Å². The highest BCUT2D eigenvalue weighted by Crippen LogP contribution is 2.21. The average Bonchev–Trinajstić information content (AvgIpc) is 2.71. The summed E-state index contributed by atoms with van der Waals surface area (Å²) in [7, 11) is 0. The molecule has 0 aliphatic carbocycles. The maximum absolute atomic E-state index is 13.8. The number of piperazine rings is 1. The lowest BCUT2D eigenvalue weighted by atomic mass is 10.0. The van der Waals surface area contributed by atoms with E-state index in [1.807, 2.05) is 4.90 Å². The lowest BCUT2D eigenvalue weighted by Crippen LogP contribution is -2.49. The number of benzene rings is 3. The molecule has 1 N–H and O–H groups in total. The number of fused-ring (bicyclic) bond motifs is 1. The number of hydrogen-bond acceptors (Lipinski definition) is 2. The van der Waals surface area contributed by atoms with Crippen molar-refractivity contribution in [3.63, 3.8) is 0 Å². The Bertz CT molecular complexity index is 995. The second-order valence-electron chi connectivity index (χ2n) is 6.96. The summed E-state index contributed by atoms with van der Waals surface area (Å²) >= 11 is 5.42. The van der Waals surface area contributed by atoms with Crippen LogP contribution in [0.15, 0.2) is 60.7 Å². The van der Waals surface area contributed by atoms with Gasteiger partial charge in [-0.1, -0.05) is 42.5 Å². The number of anilines is 1. The lowest BCUT2D eigenvalue weighted by molar-refractivity contribution is 0.177. The van der Waals surface area contributed by atoms with Gasteiger partial charge in [-0.3, -0.25) is 4.90 Å². The van der Waals surface area contributed by atoms with Crippen LogP contribution in [-0.2, 0) is 6.54 Å². The molecular weight excluding hydrogens is 376 g/mol. The molecule has 0 aromatic heterocycles. The smallest absolute Gasteiger partial charge is 0.173 e. The van der Waals surface area contributed by atoms with Crippen molar-refractivity contribution >= 4 is 33.8 Å². The Morgan fingerprint density at radius 2 is 1.68 bits per heavy atom. The third-order valence-corrected chi connectivity index (χ3v) is 5.47. The summed E-state index contributed by atoms with van der Waals surface area (Å²) in [5.41, 5.74) is 1.52. The SMILES string of the molecule is Fc1ccc(NC(=S)N2CCN(Cc3cccc4ccccc34)CC2)c(F)c1. The second-order valence-corrected chi connectivity index (χ2v) is 7.34. The molecule has 4 rings (SSSR count). The number of hydrogen-bond donors (Lipinski definition) is 1. The maximum atomic E-state index is 13.8. The van der Waals surface area contributed by atoms with Gasteiger partial charge < -0.3 is 10.2 Å². The van der Waals surface area contributed by atoms with Crippen molar-refractivity contribution in [2.75, 3.05) is 31.5 Å². The zero-order chi connectivity index (χ0) is 19.5. The second kappa shape index (κ2) is 8.20. The van der Waals surface area contributed by atoms with Crippen LogP contribution in [-0.4, -0.2) is 41.1 Å². The molecule has 0 radical (unpaired) electrons. The highest BCUT2D eigenvalue weighted by molar-refractivity contribution is 7.80. The molecule has 3 nitrogen and oxygen atoms in total. The van der Waals surface area contributed by atoms with E-state index >= 15 is 0 Å². The van der Waals surface area contributed by atoms with Crippen molar-refractivity contribution in [3.8, 4) is 0 Å². The number of rotatable bonds is 3. The Labute approximate surface area is 168 Å². The summed E-state index contributed by atoms with van der Waals surface area (Å²) in [5, 5.41) is 5.90. The van der Waals surface area contributed by atoms with E-state index in [0.717, 1.165) is 38.8 Å². The van der Waals surface area contributed by atoms with Crippen LogP contribution in [0.3, 0.4) is 0 Å². The summed E-state index contributed by atoms with van der Waals surface area (Å²) in [6, 6.07) is 18.3. The molecule has 0 spiro atoms. The molecule has 1 saturated heterocycles. The van der Waals surface area contributed by atoms with E-state index < -0.39 is 11.6 Å². The van der Waals surface area contributed by atoms with Crippen LogP contribution >= 0.6 is 12.2 Å². The van der Waals surface area contributed by atoms with Crippen molar-refractivity contribution in [2.24, 2.45) is 0 Å². The highest BCUT2D eigenvalue weighted by atomic mass is 32.1. The monoisotopic (exact) mass is 397 g/mol. The van der Waals surface area contributed by atoms with E-state index in [9.17, 15) is 8.78 Å². The van der Waals surface area contributed by atoms with Gasteiger partial charge in [-0.2, -0.15) is 0 Å². The first kappa shape index (κ1) is 18.8. The van der Waals surface area contributed by atoms with Gasteiger partial charge in [0.2, 0.25) is 0 Å². The third kappa shape index (κ3) is 4.13. The van der Waals surface area contributed by atoms with Crippen LogP contribution in [0.2, 0.25) is 0 Å². The van der Waals surface area contributed by atoms with Crippen LogP contribution in [0.4, 0.5) is 14.5 Å². The summed E-state index contributed by atoms with van der Waals surface area (Å²) in [4.78, 5) is 4.43. The molecule has 28 heavy (non-hydrogen) atoms. The Hall–Kier alpha value is -2.57. The number of nitrogens with one attached hydrogen (secondary N) is 1. The molecular formula is C22H21F2N3S. The minimum atomic E-state index is -0.642. The molecule has 1 aliphatic rings. The number of thiocarbonyl (C=S) groups is 1. The standard InChI is InChI=1S/C22H21F2N3S/c23-18-8-9-21(20(24)14-18)25-22(28)27-12-10-26(11-13-27)15-17-6-3-5-16-4-1-2-7-19(16)17/h1-9,14H,10-13,15H2,(H,25,28). The van der Waals surface area contributed by atoms with Gasteiger partial charge in [0.05, 0.1) is 5.69 Å². The van der Waals surface area contributed by atoms with Crippen LogP contribution in [0.1, 0.15) is 5.56 Å². The van der Waals surface area contributed by atoms with E-state index in [0.29, 0.717) is 5.11 Å². The maximum Gasteiger partial charge on any atom is 0.173 e. The molecule has 0 atom stereocenters. The van der Waals surface area contributed by atoms with Gasteiger partial charge in [0.15, 0.2) is 5.11 Å². The van der Waals surface area contributed by atoms with Gasteiger partial charge in [0.1, 0.15) is 11.6 Å². The van der Waals surface area contributed by atoms with Gasteiger partial charge in [-0.25, -0.2) is 8.78 Å². The van der Waals surface area contributed by atoms with Crippen molar-refractivity contribution < 1.29 is 8.78 Å². The summed E-state index contributed by atoms with van der Waals surface area (Å²) in [6.45, 7) is 4.16. The van der Waals surface area contributed by atoms with Gasteiger partial charge >= 0.3 is 0 Å². The van der Waals surface area contributed by atoms with Gasteiger partial charge in [0, 0.05) is 38.8 Å². The Kier molecular flexibility index (Phi) is 5.50. The fourth-order valence-electron chi connectivity index (χ4n) is 3.57. The fraction of sp³-hybridized carbons (Fsp3) is 0.227. The Balaban J connectivity index is 1.36. The van der Waals surface area contributed by atoms with Crippen LogP contribution in [0.5, 0.6) is 0 Å². The molecule has 1 aliphatic heterocycles. The number of nitrogens with zero attached hydrogens (tertiary/aromatic N) is 2. The highest BCUT2D eigenvalue weighted by Gasteiger charge is 2.20. The molecule has 3 aromatic rings. The van der Waals surface area contributed by atoms with Crippen LogP contribution < -0.4 is 5.32 Å². The zero-order valence-corrected chi connectivity index (χ0v) is 16.2. The molecule has 6 heteroatoms. The van der Waals surface area contributed by atoms with Crippen molar-refractivity contribution in [2.45, 2.75) is 6.54 Å². The lowest BCUT2D eigenvalue weighted by Gasteiger charge is -2.36. The van der Waals surface area contributed by atoms with Gasteiger partial charge in [-0.05, 0) is 40.7 Å². The first-order valence-electron chi connectivity index (χ1n) is 9.30. The minimum absolute atomic E-state index is 0.199. The van der Waals surface area contributed by atoms with Gasteiger partial charge in [0.25, 0.3) is 0 Å². The van der Waals surface area contributed by atoms with Crippen LogP contribution in [0, 0.1) is 11.6 Å². The van der Waals surface area contributed by atoms with Gasteiger partial charge in [-0.15, -0.1) is 0 Å². The summed E-state index contributed by atoms with van der Waals surface area (Å²) in [6.07, 6.45) is 0. The zero-order valence-electron chi connectivity index (χ0n) is 15.4. The Morgan fingerprint density at radius 1 is 0.929 bits per heavy atom. The number of halogens is 2. The van der Waals surface area contributed by atoms with E-state index in [1.54, 1.807) is 0 Å². The quantitative estimate of drug-likeness (QED) is 0.649. The fourth-order valence-corrected chi connectivity index (χ4v) is 3.86. The first-order chi connectivity index (χ1) is 13.6. The third-order valence-electron chi connectivity index (χ3n) is 5.11. The molecule has 1 fully saturated rings. The van der Waals surface area contributed by atoms with E-state index in [1.165, 1.54) is 28.5 Å². The van der Waals surface area contributed by atoms with Crippen molar-refractivity contribution in [1.82, 2.24) is 9.80 Å². The molecule has 0 amide bonds. The molecule has 144 valence electrons. The molecule has 0 unspecified atom stereocenters. The summed E-state index contributed by atoms with van der Waals surface area (Å²) in [5.74, 6) is -1.24. The van der Waals surface area contributed by atoms with Crippen molar-refractivity contribution in [1.29, 1.82) is 0 Å². The molecule has 1 heterocycles.